The van der Waals surface area contributed by atoms with Gasteiger partial charge >= 0.3 is 0 Å². The second-order valence-electron chi connectivity index (χ2n) is 2.47. The summed E-state index contributed by atoms with van der Waals surface area (Å²) in [7, 11) is 0. The van der Waals surface area contributed by atoms with Crippen LogP contribution >= 0.6 is 0 Å². The summed E-state index contributed by atoms with van der Waals surface area (Å²) in [5.41, 5.74) is 6.18. The number of aliphatic hydroxyl groups is 2. The molecule has 0 atom stereocenters. The summed E-state index contributed by atoms with van der Waals surface area (Å²) in [5.74, 6) is 0. The molecule has 80 valence electrons. The van der Waals surface area contributed by atoms with E-state index in [0.29, 0.717) is 13.2 Å². The Morgan fingerprint density at radius 3 is 1.79 bits per heavy atom. The summed E-state index contributed by atoms with van der Waals surface area (Å²) in [6.07, 6.45) is 0. The van der Waals surface area contributed by atoms with Crippen LogP contribution in [0.5, 0.6) is 0 Å². The zero-order valence-electron chi connectivity index (χ0n) is 8.10. The van der Waals surface area contributed by atoms with Gasteiger partial charge in [0.2, 0.25) is 0 Å². The number of aliphatic hydroxyl groups excluding tert-OH is 2. The fourth-order valence-corrected chi connectivity index (χ4v) is 0.684. The summed E-state index contributed by atoms with van der Waals surface area (Å²) in [6.45, 7) is 0.696. The Morgan fingerprint density at radius 1 is 1.00 bits per heavy atom. The third-order valence-electron chi connectivity index (χ3n) is 1.27. The summed E-state index contributed by atoms with van der Waals surface area (Å²) in [6, 6.07) is 9.49. The third-order valence-corrected chi connectivity index (χ3v) is 1.27. The Bertz CT molecular complexity index is 200. The molecule has 0 aliphatic rings. The van der Waals surface area contributed by atoms with Gasteiger partial charge in [-0.25, -0.2) is 0 Å². The van der Waals surface area contributed by atoms with Gasteiger partial charge in [0, 0.05) is 5.69 Å². The highest BCUT2D eigenvalue weighted by molar-refractivity contribution is 5.35. The number of nitrogens with two attached hydrogens (primary N) is 1. The van der Waals surface area contributed by atoms with Crippen LogP contribution in [-0.4, -0.2) is 36.6 Å². The molecule has 0 heterocycles. The van der Waals surface area contributed by atoms with Crippen LogP contribution in [0.1, 0.15) is 0 Å². The third kappa shape index (κ3) is 8.99. The molecule has 0 saturated heterocycles. The van der Waals surface area contributed by atoms with Gasteiger partial charge < -0.3 is 20.7 Å². The van der Waals surface area contributed by atoms with Crippen molar-refractivity contribution in [1.29, 1.82) is 0 Å². The molecule has 0 saturated carbocycles. The normalized spacial score (nSPS) is 9.00. The lowest BCUT2D eigenvalue weighted by molar-refractivity contribution is 0.0650. The van der Waals surface area contributed by atoms with Gasteiger partial charge in [0.15, 0.2) is 0 Å². The fraction of sp³-hybridized carbons (Fsp3) is 0.400. The van der Waals surface area contributed by atoms with Gasteiger partial charge in [-0.1, -0.05) is 18.2 Å². The zero-order chi connectivity index (χ0) is 10.6. The molecule has 0 fully saturated rings. The first-order valence-corrected chi connectivity index (χ1v) is 4.41. The minimum absolute atomic E-state index is 0.0278. The van der Waals surface area contributed by atoms with Crippen LogP contribution < -0.4 is 5.73 Å². The van der Waals surface area contributed by atoms with Crippen molar-refractivity contribution >= 4 is 5.69 Å². The van der Waals surface area contributed by atoms with E-state index in [1.165, 1.54) is 0 Å². The van der Waals surface area contributed by atoms with Crippen LogP contribution in [0.4, 0.5) is 5.69 Å². The molecule has 0 radical (unpaired) electrons. The Morgan fingerprint density at radius 2 is 1.50 bits per heavy atom. The van der Waals surface area contributed by atoms with Crippen molar-refractivity contribution in [3.63, 3.8) is 0 Å². The first-order valence-electron chi connectivity index (χ1n) is 4.41. The number of benzene rings is 1. The second kappa shape index (κ2) is 9.98. The molecule has 0 spiro atoms. The molecule has 1 rings (SSSR count). The lowest BCUT2D eigenvalue weighted by Crippen LogP contribution is -2.03. The highest BCUT2D eigenvalue weighted by atomic mass is 16.5. The lowest BCUT2D eigenvalue weighted by atomic mass is 10.3. The van der Waals surface area contributed by atoms with E-state index in [4.69, 9.17) is 15.9 Å². The minimum atomic E-state index is 0.0278. The fourth-order valence-electron chi connectivity index (χ4n) is 0.684. The molecule has 1 aromatic rings. The highest BCUT2D eigenvalue weighted by Gasteiger charge is 1.79. The summed E-state index contributed by atoms with van der Waals surface area (Å²) >= 11 is 0. The summed E-state index contributed by atoms with van der Waals surface area (Å²) in [5, 5.41) is 16.2. The monoisotopic (exact) mass is 199 g/mol. The molecule has 0 aliphatic heterocycles. The van der Waals surface area contributed by atoms with E-state index in [-0.39, 0.29) is 13.2 Å². The van der Waals surface area contributed by atoms with Crippen LogP contribution in [0, 0.1) is 0 Å². The van der Waals surface area contributed by atoms with Crippen LogP contribution in [0.3, 0.4) is 0 Å². The van der Waals surface area contributed by atoms with E-state index in [1.54, 1.807) is 0 Å². The predicted octanol–water partition coefficient (Wildman–Crippen LogP) is 0.256. The van der Waals surface area contributed by atoms with Crippen molar-refractivity contribution in [2.45, 2.75) is 0 Å². The lowest BCUT2D eigenvalue weighted by Gasteiger charge is -1.94. The Hall–Kier alpha value is -1.10. The van der Waals surface area contributed by atoms with E-state index < -0.39 is 0 Å². The highest BCUT2D eigenvalue weighted by Crippen LogP contribution is 1.95. The Balaban J connectivity index is 0.000000241. The van der Waals surface area contributed by atoms with Crippen LogP contribution in [0.2, 0.25) is 0 Å². The number of nitrogen functional groups attached to an aromatic ring is 1. The van der Waals surface area contributed by atoms with Gasteiger partial charge in [-0.05, 0) is 12.1 Å². The maximum absolute atomic E-state index is 8.09. The van der Waals surface area contributed by atoms with Gasteiger partial charge in [0.1, 0.15) is 0 Å². The van der Waals surface area contributed by atoms with Crippen molar-refractivity contribution < 1.29 is 14.9 Å². The first kappa shape index (κ1) is 12.9. The average Bonchev–Trinajstić information content (AvgIpc) is 2.21. The van der Waals surface area contributed by atoms with E-state index >= 15 is 0 Å². The second-order valence-corrected chi connectivity index (χ2v) is 2.47. The number of ether oxygens (including phenoxy) is 1. The largest absolute Gasteiger partial charge is 0.399 e. The van der Waals surface area contributed by atoms with Gasteiger partial charge in [0.05, 0.1) is 26.4 Å². The Kier molecular flexibility index (Phi) is 9.20. The molecule has 4 N–H and O–H groups in total. The van der Waals surface area contributed by atoms with E-state index in [1.807, 2.05) is 30.3 Å². The number of para-hydroxylation sites is 1. The van der Waals surface area contributed by atoms with E-state index in [2.05, 4.69) is 4.74 Å². The average molecular weight is 199 g/mol. The SMILES string of the molecule is Nc1ccccc1.OCCOCCO. The molecule has 0 amide bonds. The molecule has 0 bridgehead atoms. The maximum atomic E-state index is 8.09. The first-order chi connectivity index (χ1) is 6.81. The molecule has 4 heteroatoms. The molecule has 0 aromatic heterocycles. The maximum Gasteiger partial charge on any atom is 0.0698 e. The number of hydrogen-bond acceptors (Lipinski definition) is 4. The van der Waals surface area contributed by atoms with Crippen molar-refractivity contribution in [2.75, 3.05) is 32.2 Å². The van der Waals surface area contributed by atoms with E-state index in [9.17, 15) is 0 Å². The standard InChI is InChI=1S/C6H7N.C4H10O3/c7-6-4-2-1-3-5-6;5-1-3-7-4-2-6/h1-5H,7H2;5-6H,1-4H2. The van der Waals surface area contributed by atoms with Crippen molar-refractivity contribution in [3.8, 4) is 0 Å². The van der Waals surface area contributed by atoms with E-state index in [0.717, 1.165) is 5.69 Å². The van der Waals surface area contributed by atoms with Crippen molar-refractivity contribution in [3.05, 3.63) is 30.3 Å². The number of rotatable bonds is 4. The van der Waals surface area contributed by atoms with Crippen LogP contribution in [0.25, 0.3) is 0 Å². The molecule has 0 aliphatic carbocycles. The molecule has 4 nitrogen and oxygen atoms in total. The molecular weight excluding hydrogens is 182 g/mol. The molecular formula is C10H17NO3. The minimum Gasteiger partial charge on any atom is -0.399 e. The Labute approximate surface area is 83.9 Å². The zero-order valence-corrected chi connectivity index (χ0v) is 8.10. The van der Waals surface area contributed by atoms with Crippen molar-refractivity contribution in [1.82, 2.24) is 0 Å². The summed E-state index contributed by atoms with van der Waals surface area (Å²) < 4.78 is 4.63. The van der Waals surface area contributed by atoms with Crippen molar-refractivity contribution in [2.24, 2.45) is 0 Å². The smallest absolute Gasteiger partial charge is 0.0698 e. The summed E-state index contributed by atoms with van der Waals surface area (Å²) in [4.78, 5) is 0. The molecule has 1 aromatic carbocycles. The van der Waals surface area contributed by atoms with Gasteiger partial charge in [-0.2, -0.15) is 0 Å². The van der Waals surface area contributed by atoms with Crippen LogP contribution in [0.15, 0.2) is 30.3 Å². The van der Waals surface area contributed by atoms with Gasteiger partial charge in [0.25, 0.3) is 0 Å². The number of hydrogen-bond donors (Lipinski definition) is 3. The van der Waals surface area contributed by atoms with Crippen LogP contribution in [-0.2, 0) is 4.74 Å². The topological polar surface area (TPSA) is 75.7 Å². The predicted molar refractivity (Wildman–Crippen MR) is 55.8 cm³/mol. The number of anilines is 1. The molecule has 14 heavy (non-hydrogen) atoms. The van der Waals surface area contributed by atoms with Gasteiger partial charge in [-0.3, -0.25) is 0 Å². The molecule has 0 unspecified atom stereocenters. The van der Waals surface area contributed by atoms with Gasteiger partial charge in [-0.15, -0.1) is 0 Å². The quantitative estimate of drug-likeness (QED) is 0.480.